The largest absolute Gasteiger partial charge is 0.378 e. The summed E-state index contributed by atoms with van der Waals surface area (Å²) in [6, 6.07) is 0. The van der Waals surface area contributed by atoms with E-state index in [1.54, 1.807) is 0 Å². The van der Waals surface area contributed by atoms with Gasteiger partial charge in [0.2, 0.25) is 0 Å². The monoisotopic (exact) mass is 523 g/mol. The molecule has 0 aliphatic carbocycles. The molecular formula is C27H57NO8. The molecule has 9 heteroatoms. The van der Waals surface area contributed by atoms with Crippen molar-refractivity contribution in [2.45, 2.75) is 85.2 Å². The molecule has 0 heterocycles. The van der Waals surface area contributed by atoms with Crippen LogP contribution in [0.3, 0.4) is 0 Å². The van der Waals surface area contributed by atoms with Crippen LogP contribution in [0.2, 0.25) is 0 Å². The summed E-state index contributed by atoms with van der Waals surface area (Å²) in [5.41, 5.74) is -0.433. The SMILES string of the molecule is C[C@@H](OCCOCCOCCOCCNC(C)(C)C)C(C)(C)OCCOCCOCCOC(C)(C)C. The van der Waals surface area contributed by atoms with Crippen LogP contribution >= 0.6 is 0 Å². The molecule has 0 aromatic rings. The molecule has 0 aliphatic heterocycles. The van der Waals surface area contributed by atoms with Gasteiger partial charge in [0, 0.05) is 12.1 Å². The normalized spacial score (nSPS) is 13.9. The number of hydrogen-bond donors (Lipinski definition) is 1. The quantitative estimate of drug-likeness (QED) is 0.191. The highest BCUT2D eigenvalue weighted by Gasteiger charge is 2.27. The number of rotatable bonds is 24. The molecule has 218 valence electrons. The lowest BCUT2D eigenvalue weighted by molar-refractivity contribution is -0.136. The molecule has 0 amide bonds. The molecule has 0 aromatic carbocycles. The fraction of sp³-hybridized carbons (Fsp3) is 1.00. The van der Waals surface area contributed by atoms with Crippen molar-refractivity contribution in [2.75, 3.05) is 92.4 Å². The topological polar surface area (TPSA) is 85.9 Å². The summed E-state index contributed by atoms with van der Waals surface area (Å²) in [6.07, 6.45) is -0.0755. The van der Waals surface area contributed by atoms with Gasteiger partial charge >= 0.3 is 0 Å². The zero-order valence-electron chi connectivity index (χ0n) is 24.7. The van der Waals surface area contributed by atoms with Crippen molar-refractivity contribution in [3.05, 3.63) is 0 Å². The number of ether oxygens (including phenoxy) is 8. The average molecular weight is 524 g/mol. The number of hydrogen-bond acceptors (Lipinski definition) is 9. The van der Waals surface area contributed by atoms with Crippen LogP contribution in [0.25, 0.3) is 0 Å². The Bertz CT molecular complexity index is 491. The van der Waals surface area contributed by atoms with Crippen LogP contribution in [-0.4, -0.2) is 115 Å². The van der Waals surface area contributed by atoms with E-state index >= 15 is 0 Å². The second kappa shape index (κ2) is 20.6. The van der Waals surface area contributed by atoms with Crippen LogP contribution in [0, 0.1) is 0 Å². The fourth-order valence-corrected chi connectivity index (χ4v) is 2.73. The van der Waals surface area contributed by atoms with E-state index < -0.39 is 5.60 Å². The lowest BCUT2D eigenvalue weighted by Crippen LogP contribution is -2.40. The standard InChI is InChI=1S/C27H57NO8/c1-24(27(8,9)36-23-20-33-17-16-32-19-22-35-26(5,6)7)34-21-18-31-15-14-30-13-12-29-11-10-28-25(2,3)4/h24,28H,10-23H2,1-9H3/t24-/m1/s1. The van der Waals surface area contributed by atoms with Gasteiger partial charge in [-0.15, -0.1) is 0 Å². The Balaban J connectivity index is 3.50. The van der Waals surface area contributed by atoms with Gasteiger partial charge in [0.25, 0.3) is 0 Å². The Morgan fingerprint density at radius 2 is 0.889 bits per heavy atom. The van der Waals surface area contributed by atoms with Crippen LogP contribution in [0.1, 0.15) is 62.3 Å². The van der Waals surface area contributed by atoms with Gasteiger partial charge in [-0.3, -0.25) is 0 Å². The molecule has 1 N–H and O–H groups in total. The Kier molecular flexibility index (Phi) is 20.4. The van der Waals surface area contributed by atoms with E-state index in [0.29, 0.717) is 85.9 Å². The van der Waals surface area contributed by atoms with Crippen molar-refractivity contribution in [1.82, 2.24) is 5.32 Å². The van der Waals surface area contributed by atoms with E-state index in [2.05, 4.69) is 26.1 Å². The first-order valence-electron chi connectivity index (χ1n) is 13.4. The molecule has 0 aromatic heterocycles. The fourth-order valence-electron chi connectivity index (χ4n) is 2.73. The first-order chi connectivity index (χ1) is 16.8. The molecule has 0 bridgehead atoms. The van der Waals surface area contributed by atoms with Crippen LogP contribution in [0.4, 0.5) is 0 Å². The van der Waals surface area contributed by atoms with Crippen molar-refractivity contribution >= 4 is 0 Å². The highest BCUT2D eigenvalue weighted by atomic mass is 16.6. The highest BCUT2D eigenvalue weighted by molar-refractivity contribution is 4.76. The van der Waals surface area contributed by atoms with Crippen molar-refractivity contribution in [2.24, 2.45) is 0 Å². The molecule has 0 unspecified atom stereocenters. The maximum Gasteiger partial charge on any atom is 0.0885 e. The first-order valence-corrected chi connectivity index (χ1v) is 13.4. The van der Waals surface area contributed by atoms with Gasteiger partial charge in [-0.1, -0.05) is 0 Å². The van der Waals surface area contributed by atoms with E-state index in [1.807, 2.05) is 41.5 Å². The number of nitrogens with one attached hydrogen (secondary N) is 1. The predicted octanol–water partition coefficient (Wildman–Crippen LogP) is 3.47. The lowest BCUT2D eigenvalue weighted by Gasteiger charge is -2.32. The molecule has 0 saturated heterocycles. The predicted molar refractivity (Wildman–Crippen MR) is 143 cm³/mol. The first kappa shape index (κ1) is 35.6. The van der Waals surface area contributed by atoms with Gasteiger partial charge in [0.05, 0.1) is 103 Å². The summed E-state index contributed by atoms with van der Waals surface area (Å²) in [5.74, 6) is 0. The third-order valence-electron chi connectivity index (χ3n) is 5.06. The molecule has 0 aliphatic rings. The van der Waals surface area contributed by atoms with E-state index in [0.717, 1.165) is 6.54 Å². The second-order valence-electron chi connectivity index (χ2n) is 11.2. The van der Waals surface area contributed by atoms with Crippen molar-refractivity contribution in [3.8, 4) is 0 Å². The van der Waals surface area contributed by atoms with Gasteiger partial charge in [0.1, 0.15) is 0 Å². The smallest absolute Gasteiger partial charge is 0.0885 e. The van der Waals surface area contributed by atoms with Crippen molar-refractivity contribution in [3.63, 3.8) is 0 Å². The van der Waals surface area contributed by atoms with Crippen LogP contribution in [0.15, 0.2) is 0 Å². The van der Waals surface area contributed by atoms with E-state index in [9.17, 15) is 0 Å². The molecular weight excluding hydrogens is 466 g/mol. The van der Waals surface area contributed by atoms with E-state index in [4.69, 9.17) is 37.9 Å². The van der Waals surface area contributed by atoms with Gasteiger partial charge < -0.3 is 43.2 Å². The van der Waals surface area contributed by atoms with Gasteiger partial charge in [-0.05, 0) is 62.3 Å². The average Bonchev–Trinajstić information content (AvgIpc) is 2.76. The highest BCUT2D eigenvalue weighted by Crippen LogP contribution is 2.17. The second-order valence-corrected chi connectivity index (χ2v) is 11.2. The van der Waals surface area contributed by atoms with Crippen molar-refractivity contribution in [1.29, 1.82) is 0 Å². The molecule has 9 nitrogen and oxygen atoms in total. The maximum absolute atomic E-state index is 5.96. The van der Waals surface area contributed by atoms with Crippen LogP contribution in [0.5, 0.6) is 0 Å². The minimum Gasteiger partial charge on any atom is -0.378 e. The summed E-state index contributed by atoms with van der Waals surface area (Å²) >= 11 is 0. The van der Waals surface area contributed by atoms with Crippen LogP contribution in [-0.2, 0) is 37.9 Å². The lowest BCUT2D eigenvalue weighted by atomic mass is 10.0. The third-order valence-corrected chi connectivity index (χ3v) is 5.06. The molecule has 0 fully saturated rings. The Labute approximate surface area is 221 Å². The molecule has 0 radical (unpaired) electrons. The Morgan fingerprint density at radius 1 is 0.500 bits per heavy atom. The minimum atomic E-state index is -0.421. The zero-order valence-corrected chi connectivity index (χ0v) is 24.7. The van der Waals surface area contributed by atoms with E-state index in [1.165, 1.54) is 0 Å². The Hall–Kier alpha value is -0.360. The van der Waals surface area contributed by atoms with Gasteiger partial charge in [-0.2, -0.15) is 0 Å². The van der Waals surface area contributed by atoms with E-state index in [-0.39, 0.29) is 17.2 Å². The maximum atomic E-state index is 5.96. The molecule has 0 spiro atoms. The third kappa shape index (κ3) is 25.3. The molecule has 1 atom stereocenters. The summed E-state index contributed by atoms with van der Waals surface area (Å²) < 4.78 is 45.1. The molecule has 0 rings (SSSR count). The minimum absolute atomic E-state index is 0.0755. The summed E-state index contributed by atoms with van der Waals surface area (Å²) in [4.78, 5) is 0. The molecule has 36 heavy (non-hydrogen) atoms. The summed E-state index contributed by atoms with van der Waals surface area (Å²) in [5, 5.41) is 3.38. The summed E-state index contributed by atoms with van der Waals surface area (Å²) in [6.45, 7) is 26.6. The van der Waals surface area contributed by atoms with Crippen LogP contribution < -0.4 is 5.32 Å². The molecule has 0 saturated carbocycles. The van der Waals surface area contributed by atoms with Gasteiger partial charge in [0.15, 0.2) is 0 Å². The summed E-state index contributed by atoms with van der Waals surface area (Å²) in [7, 11) is 0. The zero-order chi connectivity index (χ0) is 27.3. The van der Waals surface area contributed by atoms with Gasteiger partial charge in [-0.25, -0.2) is 0 Å². The Morgan fingerprint density at radius 3 is 1.33 bits per heavy atom. The van der Waals surface area contributed by atoms with Crippen molar-refractivity contribution < 1.29 is 37.9 Å².